The summed E-state index contributed by atoms with van der Waals surface area (Å²) in [7, 11) is 0. The van der Waals surface area contributed by atoms with Crippen molar-refractivity contribution in [2.45, 2.75) is 40.5 Å². The molecule has 2 N–H and O–H groups in total. The Morgan fingerprint density at radius 2 is 1.71 bits per heavy atom. The molecule has 154 valence electrons. The molecule has 1 heterocycles. The lowest BCUT2D eigenvalue weighted by molar-refractivity contribution is -0.149. The molecule has 0 bridgehead atoms. The highest BCUT2D eigenvalue weighted by molar-refractivity contribution is 5.96. The standard InChI is InChI=1S/C21H31N3O4/c1-5-28-19(26)15-9-11-24(12-10-15)14-18(25)22-16-7-6-8-17(13-16)23-20(27)21(2,3)4/h6-8,13,15H,5,9-12,14H2,1-4H3,(H,22,25)(H,23,27). The number of nitrogens with zero attached hydrogens (tertiary/aromatic N) is 1. The Balaban J connectivity index is 1.83. The summed E-state index contributed by atoms with van der Waals surface area (Å²) in [4.78, 5) is 38.3. The predicted molar refractivity (Wildman–Crippen MR) is 109 cm³/mol. The van der Waals surface area contributed by atoms with E-state index in [-0.39, 0.29) is 30.2 Å². The van der Waals surface area contributed by atoms with Crippen LogP contribution in [-0.4, -0.2) is 48.9 Å². The molecule has 1 aliphatic rings. The van der Waals surface area contributed by atoms with Crippen LogP contribution in [-0.2, 0) is 19.1 Å². The van der Waals surface area contributed by atoms with Crippen LogP contribution in [0.1, 0.15) is 40.5 Å². The number of hydrogen-bond donors (Lipinski definition) is 2. The first kappa shape index (κ1) is 21.9. The van der Waals surface area contributed by atoms with Crippen molar-refractivity contribution in [2.75, 3.05) is 36.9 Å². The van der Waals surface area contributed by atoms with Crippen molar-refractivity contribution in [2.24, 2.45) is 11.3 Å². The number of benzene rings is 1. The number of carbonyl (C=O) groups excluding carboxylic acids is 3. The SMILES string of the molecule is CCOC(=O)C1CCN(CC(=O)Nc2cccc(NC(=O)C(C)(C)C)c2)CC1. The van der Waals surface area contributed by atoms with Gasteiger partial charge in [-0.2, -0.15) is 0 Å². The van der Waals surface area contributed by atoms with Crippen molar-refractivity contribution in [3.63, 3.8) is 0 Å². The van der Waals surface area contributed by atoms with E-state index in [0.717, 1.165) is 0 Å². The third-order valence-electron chi connectivity index (χ3n) is 4.66. The van der Waals surface area contributed by atoms with E-state index >= 15 is 0 Å². The number of carbonyl (C=O) groups is 3. The lowest BCUT2D eigenvalue weighted by atomic mass is 9.95. The van der Waals surface area contributed by atoms with Gasteiger partial charge in [0.05, 0.1) is 19.1 Å². The Kier molecular flexibility index (Phi) is 7.57. The van der Waals surface area contributed by atoms with Gasteiger partial charge in [-0.15, -0.1) is 0 Å². The Labute approximate surface area is 166 Å². The van der Waals surface area contributed by atoms with Crippen molar-refractivity contribution in [3.8, 4) is 0 Å². The largest absolute Gasteiger partial charge is 0.466 e. The monoisotopic (exact) mass is 389 g/mol. The van der Waals surface area contributed by atoms with E-state index in [9.17, 15) is 14.4 Å². The molecule has 28 heavy (non-hydrogen) atoms. The molecular weight excluding hydrogens is 358 g/mol. The highest BCUT2D eigenvalue weighted by Gasteiger charge is 2.26. The van der Waals surface area contributed by atoms with Crippen molar-refractivity contribution in [1.29, 1.82) is 0 Å². The Morgan fingerprint density at radius 3 is 2.29 bits per heavy atom. The second-order valence-corrected chi connectivity index (χ2v) is 8.14. The van der Waals surface area contributed by atoms with E-state index in [1.807, 2.05) is 25.7 Å². The molecule has 0 radical (unpaired) electrons. The Hall–Kier alpha value is -2.41. The zero-order valence-corrected chi connectivity index (χ0v) is 17.2. The van der Waals surface area contributed by atoms with Gasteiger partial charge in [-0.25, -0.2) is 0 Å². The molecule has 0 atom stereocenters. The molecule has 2 amide bonds. The van der Waals surface area contributed by atoms with Crippen molar-refractivity contribution in [3.05, 3.63) is 24.3 Å². The van der Waals surface area contributed by atoms with Crippen LogP contribution in [0.5, 0.6) is 0 Å². The number of anilines is 2. The van der Waals surface area contributed by atoms with Gasteiger partial charge in [-0.05, 0) is 51.1 Å². The van der Waals surface area contributed by atoms with Crippen molar-refractivity contribution >= 4 is 29.2 Å². The summed E-state index contributed by atoms with van der Waals surface area (Å²) in [6, 6.07) is 7.12. The maximum Gasteiger partial charge on any atom is 0.309 e. The van der Waals surface area contributed by atoms with E-state index in [4.69, 9.17) is 4.74 Å². The van der Waals surface area contributed by atoms with Gasteiger partial charge in [-0.3, -0.25) is 19.3 Å². The van der Waals surface area contributed by atoms with Crippen LogP contribution >= 0.6 is 0 Å². The minimum absolute atomic E-state index is 0.0672. The third-order valence-corrected chi connectivity index (χ3v) is 4.66. The van der Waals surface area contributed by atoms with E-state index in [1.54, 1.807) is 31.2 Å². The zero-order chi connectivity index (χ0) is 20.7. The molecule has 0 unspecified atom stereocenters. The van der Waals surface area contributed by atoms with Gasteiger partial charge >= 0.3 is 5.97 Å². The number of amides is 2. The first-order valence-corrected chi connectivity index (χ1v) is 9.79. The lowest BCUT2D eigenvalue weighted by Gasteiger charge is -2.30. The summed E-state index contributed by atoms with van der Waals surface area (Å²) in [6.07, 6.45) is 1.42. The first-order chi connectivity index (χ1) is 13.2. The van der Waals surface area contributed by atoms with Crippen molar-refractivity contribution < 1.29 is 19.1 Å². The third kappa shape index (κ3) is 6.64. The fourth-order valence-corrected chi connectivity index (χ4v) is 2.98. The van der Waals surface area contributed by atoms with Crippen molar-refractivity contribution in [1.82, 2.24) is 4.90 Å². The van der Waals surface area contributed by atoms with Gasteiger partial charge in [-0.1, -0.05) is 26.8 Å². The summed E-state index contributed by atoms with van der Waals surface area (Å²) in [5, 5.41) is 5.73. The van der Waals surface area contributed by atoms with Crippen LogP contribution in [0.2, 0.25) is 0 Å². The Bertz CT molecular complexity index is 704. The number of piperidine rings is 1. The number of ether oxygens (including phenoxy) is 1. The van der Waals surface area contributed by atoms with Crippen LogP contribution in [0.25, 0.3) is 0 Å². The van der Waals surface area contributed by atoms with Crippen LogP contribution in [0.15, 0.2) is 24.3 Å². The van der Waals surface area contributed by atoms with Crippen LogP contribution in [0.3, 0.4) is 0 Å². The molecule has 1 saturated heterocycles. The number of esters is 1. The Morgan fingerprint density at radius 1 is 1.11 bits per heavy atom. The molecule has 7 heteroatoms. The number of nitrogens with one attached hydrogen (secondary N) is 2. The average Bonchev–Trinajstić information content (AvgIpc) is 2.62. The molecular formula is C21H31N3O4. The molecule has 1 fully saturated rings. The van der Waals surface area contributed by atoms with E-state index < -0.39 is 5.41 Å². The molecule has 0 aromatic heterocycles. The summed E-state index contributed by atoms with van der Waals surface area (Å²) < 4.78 is 5.07. The highest BCUT2D eigenvalue weighted by atomic mass is 16.5. The molecule has 2 rings (SSSR count). The van der Waals surface area contributed by atoms with E-state index in [2.05, 4.69) is 10.6 Å². The van der Waals surface area contributed by atoms with Crippen LogP contribution in [0.4, 0.5) is 11.4 Å². The molecule has 0 spiro atoms. The molecule has 0 aliphatic carbocycles. The second-order valence-electron chi connectivity index (χ2n) is 8.14. The summed E-state index contributed by atoms with van der Waals surface area (Å²) >= 11 is 0. The number of likely N-dealkylation sites (tertiary alicyclic amines) is 1. The minimum Gasteiger partial charge on any atom is -0.466 e. The maximum atomic E-state index is 12.4. The zero-order valence-electron chi connectivity index (χ0n) is 17.2. The minimum atomic E-state index is -0.491. The van der Waals surface area contributed by atoms with Gasteiger partial charge in [0.2, 0.25) is 11.8 Å². The molecule has 1 aromatic rings. The average molecular weight is 389 g/mol. The topological polar surface area (TPSA) is 87.7 Å². The van der Waals surface area contributed by atoms with Crippen LogP contribution in [0, 0.1) is 11.3 Å². The summed E-state index contributed by atoms with van der Waals surface area (Å²) in [5.74, 6) is -0.405. The van der Waals surface area contributed by atoms with E-state index in [0.29, 0.717) is 43.9 Å². The molecule has 1 aliphatic heterocycles. The second kappa shape index (κ2) is 9.68. The highest BCUT2D eigenvalue weighted by Crippen LogP contribution is 2.21. The summed E-state index contributed by atoms with van der Waals surface area (Å²) in [6.45, 7) is 9.40. The quantitative estimate of drug-likeness (QED) is 0.731. The van der Waals surface area contributed by atoms with Gasteiger partial charge in [0.25, 0.3) is 0 Å². The van der Waals surface area contributed by atoms with Gasteiger partial charge < -0.3 is 15.4 Å². The van der Waals surface area contributed by atoms with Gasteiger partial charge in [0, 0.05) is 16.8 Å². The first-order valence-electron chi connectivity index (χ1n) is 9.79. The lowest BCUT2D eigenvalue weighted by Crippen LogP contribution is -2.41. The van der Waals surface area contributed by atoms with Crippen LogP contribution < -0.4 is 10.6 Å². The smallest absolute Gasteiger partial charge is 0.309 e. The fraction of sp³-hybridized carbons (Fsp3) is 0.571. The number of hydrogen-bond acceptors (Lipinski definition) is 5. The summed E-state index contributed by atoms with van der Waals surface area (Å²) in [5.41, 5.74) is 0.792. The molecule has 1 aromatic carbocycles. The normalized spacial score (nSPS) is 15.7. The number of rotatable bonds is 6. The van der Waals surface area contributed by atoms with E-state index in [1.165, 1.54) is 0 Å². The van der Waals surface area contributed by atoms with Gasteiger partial charge in [0.1, 0.15) is 0 Å². The van der Waals surface area contributed by atoms with Gasteiger partial charge in [0.15, 0.2) is 0 Å². The predicted octanol–water partition coefficient (Wildman–Crippen LogP) is 2.88. The molecule has 7 nitrogen and oxygen atoms in total. The fourth-order valence-electron chi connectivity index (χ4n) is 2.98. The maximum absolute atomic E-state index is 12.4. The molecule has 0 saturated carbocycles.